The lowest BCUT2D eigenvalue weighted by Gasteiger charge is -2.21. The fourth-order valence-corrected chi connectivity index (χ4v) is 2.40. The van der Waals surface area contributed by atoms with E-state index in [-0.39, 0.29) is 11.8 Å². The number of nitrogens with one attached hydrogen (secondary N) is 1. The van der Waals surface area contributed by atoms with Crippen molar-refractivity contribution in [1.82, 2.24) is 5.32 Å². The van der Waals surface area contributed by atoms with E-state index < -0.39 is 0 Å². The Balaban J connectivity index is 2.36. The van der Waals surface area contributed by atoms with Crippen molar-refractivity contribution in [2.75, 3.05) is 6.54 Å². The van der Waals surface area contributed by atoms with Crippen LogP contribution in [0.3, 0.4) is 0 Å². The predicted molar refractivity (Wildman–Crippen MR) is 62.4 cm³/mol. The third kappa shape index (κ3) is 3.49. The number of amides is 1. The van der Waals surface area contributed by atoms with E-state index in [4.69, 9.17) is 5.73 Å². The van der Waals surface area contributed by atoms with Crippen molar-refractivity contribution in [3.63, 3.8) is 0 Å². The second-order valence-electron chi connectivity index (χ2n) is 4.73. The van der Waals surface area contributed by atoms with Crippen LogP contribution in [0.5, 0.6) is 0 Å². The van der Waals surface area contributed by atoms with Gasteiger partial charge in [-0.1, -0.05) is 26.7 Å². The zero-order chi connectivity index (χ0) is 11.3. The predicted octanol–water partition coefficient (Wildman–Crippen LogP) is 1.67. The van der Waals surface area contributed by atoms with E-state index >= 15 is 0 Å². The summed E-state index contributed by atoms with van der Waals surface area (Å²) in [6, 6.07) is 0.335. The van der Waals surface area contributed by atoms with Crippen LogP contribution in [-0.4, -0.2) is 18.5 Å². The molecule has 3 atom stereocenters. The molecular formula is C12H24N2O. The van der Waals surface area contributed by atoms with Gasteiger partial charge in [-0.15, -0.1) is 0 Å². The lowest BCUT2D eigenvalue weighted by Crippen LogP contribution is -2.42. The number of carbonyl (C=O) groups excluding carboxylic acids is 1. The Labute approximate surface area is 92.8 Å². The zero-order valence-corrected chi connectivity index (χ0v) is 9.96. The summed E-state index contributed by atoms with van der Waals surface area (Å²) in [6.45, 7) is 4.82. The molecule has 0 radical (unpaired) electrons. The van der Waals surface area contributed by atoms with Gasteiger partial charge in [0.15, 0.2) is 0 Å². The van der Waals surface area contributed by atoms with Gasteiger partial charge in [0.1, 0.15) is 0 Å². The van der Waals surface area contributed by atoms with Crippen molar-refractivity contribution in [1.29, 1.82) is 0 Å². The van der Waals surface area contributed by atoms with E-state index in [1.54, 1.807) is 0 Å². The quantitative estimate of drug-likeness (QED) is 0.728. The topological polar surface area (TPSA) is 55.1 Å². The Hall–Kier alpha value is -0.570. The summed E-state index contributed by atoms with van der Waals surface area (Å²) in [5.41, 5.74) is 5.68. The second kappa shape index (κ2) is 6.11. The average Bonchev–Trinajstić information content (AvgIpc) is 2.65. The normalized spacial score (nSPS) is 27.7. The van der Waals surface area contributed by atoms with Crippen molar-refractivity contribution in [2.45, 2.75) is 52.0 Å². The highest BCUT2D eigenvalue weighted by Crippen LogP contribution is 2.25. The molecule has 0 aromatic rings. The van der Waals surface area contributed by atoms with E-state index in [2.05, 4.69) is 12.2 Å². The van der Waals surface area contributed by atoms with Gasteiger partial charge in [0.05, 0.1) is 0 Å². The van der Waals surface area contributed by atoms with Crippen LogP contribution in [0.15, 0.2) is 0 Å². The molecule has 3 unspecified atom stereocenters. The smallest absolute Gasteiger partial charge is 0.223 e. The van der Waals surface area contributed by atoms with Crippen molar-refractivity contribution in [3.8, 4) is 0 Å². The first-order valence-electron chi connectivity index (χ1n) is 6.19. The Morgan fingerprint density at radius 2 is 2.27 bits per heavy atom. The Morgan fingerprint density at radius 3 is 2.87 bits per heavy atom. The van der Waals surface area contributed by atoms with Crippen molar-refractivity contribution < 1.29 is 4.79 Å². The van der Waals surface area contributed by atoms with Gasteiger partial charge in [0.2, 0.25) is 5.91 Å². The molecule has 1 aliphatic rings. The van der Waals surface area contributed by atoms with Crippen molar-refractivity contribution >= 4 is 5.91 Å². The Morgan fingerprint density at radius 1 is 1.53 bits per heavy atom. The molecule has 0 spiro atoms. The molecule has 1 saturated carbocycles. The first-order valence-corrected chi connectivity index (χ1v) is 6.19. The van der Waals surface area contributed by atoms with Crippen LogP contribution in [0, 0.1) is 11.8 Å². The SMILES string of the molecule is CCCC(C)C(=O)NC1CCCC1CN. The molecule has 0 aromatic heterocycles. The Bertz CT molecular complexity index is 206. The van der Waals surface area contributed by atoms with Gasteiger partial charge in [-0.05, 0) is 31.7 Å². The number of hydrogen-bond donors (Lipinski definition) is 2. The van der Waals surface area contributed by atoms with Crippen molar-refractivity contribution in [3.05, 3.63) is 0 Å². The minimum Gasteiger partial charge on any atom is -0.353 e. The number of hydrogen-bond acceptors (Lipinski definition) is 2. The third-order valence-corrected chi connectivity index (χ3v) is 3.46. The molecule has 1 amide bonds. The van der Waals surface area contributed by atoms with Crippen LogP contribution in [0.25, 0.3) is 0 Å². The molecule has 1 rings (SSSR count). The standard InChI is InChI=1S/C12H24N2O/c1-3-5-9(2)12(15)14-11-7-4-6-10(11)8-13/h9-11H,3-8,13H2,1-2H3,(H,14,15). The van der Waals surface area contributed by atoms with Gasteiger partial charge >= 0.3 is 0 Å². The van der Waals surface area contributed by atoms with Gasteiger partial charge in [-0.3, -0.25) is 4.79 Å². The second-order valence-corrected chi connectivity index (χ2v) is 4.73. The third-order valence-electron chi connectivity index (χ3n) is 3.46. The molecule has 0 heterocycles. The fourth-order valence-electron chi connectivity index (χ4n) is 2.40. The average molecular weight is 212 g/mol. The minimum atomic E-state index is 0.147. The number of carbonyl (C=O) groups is 1. The molecule has 0 aliphatic heterocycles. The maximum Gasteiger partial charge on any atom is 0.223 e. The number of nitrogens with two attached hydrogens (primary N) is 1. The minimum absolute atomic E-state index is 0.147. The molecule has 3 heteroatoms. The Kier molecular flexibility index (Phi) is 5.09. The largest absolute Gasteiger partial charge is 0.353 e. The monoisotopic (exact) mass is 212 g/mol. The fraction of sp³-hybridized carbons (Fsp3) is 0.917. The summed E-state index contributed by atoms with van der Waals surface area (Å²) in [4.78, 5) is 11.8. The molecule has 3 N–H and O–H groups in total. The molecule has 0 saturated heterocycles. The van der Waals surface area contributed by atoms with Crippen LogP contribution >= 0.6 is 0 Å². The number of rotatable bonds is 5. The maximum atomic E-state index is 11.8. The zero-order valence-electron chi connectivity index (χ0n) is 9.96. The summed E-state index contributed by atoms with van der Waals surface area (Å²) in [5, 5.41) is 3.15. The van der Waals surface area contributed by atoms with Gasteiger partial charge < -0.3 is 11.1 Å². The lowest BCUT2D eigenvalue weighted by molar-refractivity contribution is -0.125. The van der Waals surface area contributed by atoms with E-state index in [9.17, 15) is 4.79 Å². The first-order chi connectivity index (χ1) is 7.19. The molecule has 15 heavy (non-hydrogen) atoms. The molecule has 3 nitrogen and oxygen atoms in total. The van der Waals surface area contributed by atoms with E-state index in [0.717, 1.165) is 19.3 Å². The van der Waals surface area contributed by atoms with Crippen LogP contribution in [0.1, 0.15) is 46.0 Å². The molecular weight excluding hydrogens is 188 g/mol. The van der Waals surface area contributed by atoms with Crippen LogP contribution in [0.2, 0.25) is 0 Å². The van der Waals surface area contributed by atoms with E-state index in [1.807, 2.05) is 6.92 Å². The summed E-state index contributed by atoms with van der Waals surface area (Å²) in [5.74, 6) is 0.860. The molecule has 0 bridgehead atoms. The molecule has 88 valence electrons. The molecule has 1 fully saturated rings. The molecule has 0 aromatic carbocycles. The van der Waals surface area contributed by atoms with Gasteiger partial charge in [0.25, 0.3) is 0 Å². The summed E-state index contributed by atoms with van der Waals surface area (Å²) < 4.78 is 0. The van der Waals surface area contributed by atoms with Crippen LogP contribution in [-0.2, 0) is 4.79 Å². The highest BCUT2D eigenvalue weighted by Gasteiger charge is 2.28. The van der Waals surface area contributed by atoms with Crippen LogP contribution < -0.4 is 11.1 Å². The van der Waals surface area contributed by atoms with Gasteiger partial charge in [0, 0.05) is 12.0 Å². The summed E-state index contributed by atoms with van der Waals surface area (Å²) >= 11 is 0. The van der Waals surface area contributed by atoms with Crippen molar-refractivity contribution in [2.24, 2.45) is 17.6 Å². The summed E-state index contributed by atoms with van der Waals surface area (Å²) in [6.07, 6.45) is 5.52. The van der Waals surface area contributed by atoms with E-state index in [1.165, 1.54) is 12.8 Å². The maximum absolute atomic E-state index is 11.8. The highest BCUT2D eigenvalue weighted by molar-refractivity contribution is 5.78. The first kappa shape index (κ1) is 12.5. The van der Waals surface area contributed by atoms with Crippen LogP contribution in [0.4, 0.5) is 0 Å². The van der Waals surface area contributed by atoms with E-state index in [0.29, 0.717) is 18.5 Å². The molecule has 1 aliphatic carbocycles. The summed E-state index contributed by atoms with van der Waals surface area (Å²) in [7, 11) is 0. The highest BCUT2D eigenvalue weighted by atomic mass is 16.1. The van der Waals surface area contributed by atoms with Gasteiger partial charge in [-0.2, -0.15) is 0 Å². The van der Waals surface area contributed by atoms with Gasteiger partial charge in [-0.25, -0.2) is 0 Å². The lowest BCUT2D eigenvalue weighted by atomic mass is 10.0.